The molecular weight excluding hydrogens is 228 g/mol. The third-order valence-corrected chi connectivity index (χ3v) is 3.76. The molecular formula is C15H26O3. The highest BCUT2D eigenvalue weighted by Gasteiger charge is 2.32. The molecule has 0 N–H and O–H groups in total. The molecule has 1 atom stereocenters. The molecule has 3 heteroatoms. The minimum atomic E-state index is -0.242. The second kappa shape index (κ2) is 6.35. The van der Waals surface area contributed by atoms with Crippen LogP contribution >= 0.6 is 0 Å². The fourth-order valence-corrected chi connectivity index (χ4v) is 2.64. The van der Waals surface area contributed by atoms with Crippen LogP contribution in [0.15, 0.2) is 0 Å². The van der Waals surface area contributed by atoms with E-state index in [9.17, 15) is 9.59 Å². The molecule has 0 spiro atoms. The van der Waals surface area contributed by atoms with Crippen LogP contribution in [-0.2, 0) is 14.3 Å². The first-order chi connectivity index (χ1) is 8.30. The van der Waals surface area contributed by atoms with Gasteiger partial charge in [-0.3, -0.25) is 9.59 Å². The molecule has 1 fully saturated rings. The maximum absolute atomic E-state index is 11.9. The van der Waals surface area contributed by atoms with Crippen LogP contribution in [0.1, 0.15) is 66.2 Å². The Morgan fingerprint density at radius 1 is 1.17 bits per heavy atom. The Bertz CT molecular complexity index is 295. The van der Waals surface area contributed by atoms with Crippen molar-refractivity contribution in [1.29, 1.82) is 0 Å². The first-order valence-electron chi connectivity index (χ1n) is 7.00. The summed E-state index contributed by atoms with van der Waals surface area (Å²) >= 11 is 0. The van der Waals surface area contributed by atoms with Crippen LogP contribution in [-0.4, -0.2) is 17.9 Å². The first-order valence-corrected chi connectivity index (χ1v) is 7.00. The molecule has 0 aromatic heterocycles. The molecule has 0 aromatic carbocycles. The van der Waals surface area contributed by atoms with Gasteiger partial charge in [0.15, 0.2) is 0 Å². The smallest absolute Gasteiger partial charge is 0.306 e. The highest BCUT2D eigenvalue weighted by atomic mass is 16.5. The van der Waals surface area contributed by atoms with Crippen molar-refractivity contribution < 1.29 is 14.3 Å². The number of carbonyl (C=O) groups excluding carboxylic acids is 2. The van der Waals surface area contributed by atoms with Gasteiger partial charge in [0.25, 0.3) is 0 Å². The van der Waals surface area contributed by atoms with Crippen molar-refractivity contribution in [3.05, 3.63) is 0 Å². The largest absolute Gasteiger partial charge is 0.462 e. The molecule has 0 amide bonds. The lowest BCUT2D eigenvalue weighted by Gasteiger charge is -2.29. The second-order valence-electron chi connectivity index (χ2n) is 6.48. The Morgan fingerprint density at radius 3 is 2.17 bits per heavy atom. The number of hydrogen-bond donors (Lipinski definition) is 0. The summed E-state index contributed by atoms with van der Waals surface area (Å²) in [5.74, 6) is -0.381. The lowest BCUT2D eigenvalue weighted by atomic mass is 9.76. The van der Waals surface area contributed by atoms with Crippen molar-refractivity contribution in [2.24, 2.45) is 11.3 Å². The molecule has 0 saturated heterocycles. The summed E-state index contributed by atoms with van der Waals surface area (Å²) in [6.07, 6.45) is 5.79. The van der Waals surface area contributed by atoms with Gasteiger partial charge in [0.2, 0.25) is 0 Å². The van der Waals surface area contributed by atoms with Crippen LogP contribution in [0.25, 0.3) is 0 Å². The zero-order chi connectivity index (χ0) is 13.8. The summed E-state index contributed by atoms with van der Waals surface area (Å²) in [6, 6.07) is 0. The minimum Gasteiger partial charge on any atom is -0.462 e. The van der Waals surface area contributed by atoms with Crippen molar-refractivity contribution >= 4 is 11.8 Å². The molecule has 0 radical (unpaired) electrons. The van der Waals surface area contributed by atoms with E-state index in [4.69, 9.17) is 4.74 Å². The molecule has 1 aliphatic carbocycles. The fraction of sp³-hybridized carbons (Fsp3) is 0.867. The number of ketones is 1. The lowest BCUT2D eigenvalue weighted by molar-refractivity contribution is -0.154. The van der Waals surface area contributed by atoms with Crippen molar-refractivity contribution in [3.8, 4) is 0 Å². The van der Waals surface area contributed by atoms with Gasteiger partial charge in [-0.05, 0) is 38.0 Å². The zero-order valence-corrected chi connectivity index (χ0v) is 12.1. The van der Waals surface area contributed by atoms with Crippen LogP contribution in [0.2, 0.25) is 0 Å². The Labute approximate surface area is 110 Å². The van der Waals surface area contributed by atoms with Crippen LogP contribution < -0.4 is 0 Å². The fourth-order valence-electron chi connectivity index (χ4n) is 2.64. The lowest BCUT2D eigenvalue weighted by Crippen LogP contribution is -2.31. The quantitative estimate of drug-likeness (QED) is 0.721. The normalized spacial score (nSPS) is 19.3. The van der Waals surface area contributed by atoms with Gasteiger partial charge in [0, 0.05) is 5.92 Å². The van der Waals surface area contributed by atoms with E-state index in [1.54, 1.807) is 6.92 Å². The Morgan fingerprint density at radius 2 is 1.72 bits per heavy atom. The van der Waals surface area contributed by atoms with E-state index in [2.05, 4.69) is 0 Å². The number of ether oxygens (including phenoxy) is 1. The topological polar surface area (TPSA) is 43.4 Å². The average molecular weight is 254 g/mol. The zero-order valence-electron chi connectivity index (χ0n) is 12.1. The van der Waals surface area contributed by atoms with E-state index in [-0.39, 0.29) is 35.6 Å². The molecule has 1 aliphatic rings. The number of esters is 1. The number of carbonyl (C=O) groups is 2. The van der Waals surface area contributed by atoms with Gasteiger partial charge in [0.1, 0.15) is 11.9 Å². The highest BCUT2D eigenvalue weighted by Crippen LogP contribution is 2.30. The summed E-state index contributed by atoms with van der Waals surface area (Å²) in [6.45, 7) is 7.54. The number of hydrogen-bond acceptors (Lipinski definition) is 3. The third-order valence-electron chi connectivity index (χ3n) is 3.76. The number of Topliss-reactive ketones (excluding diaryl/α,β-unsaturated/α-hetero) is 1. The van der Waals surface area contributed by atoms with E-state index in [0.29, 0.717) is 0 Å². The molecule has 3 nitrogen and oxygen atoms in total. The molecule has 1 saturated carbocycles. The van der Waals surface area contributed by atoms with Crippen LogP contribution in [0.5, 0.6) is 0 Å². The Hall–Kier alpha value is -0.860. The van der Waals surface area contributed by atoms with Crippen molar-refractivity contribution in [2.45, 2.75) is 72.3 Å². The molecule has 0 bridgehead atoms. The molecule has 1 rings (SSSR count). The molecule has 0 aliphatic heterocycles. The van der Waals surface area contributed by atoms with Crippen molar-refractivity contribution in [3.63, 3.8) is 0 Å². The van der Waals surface area contributed by atoms with E-state index >= 15 is 0 Å². The Balaban J connectivity index is 2.48. The third kappa shape index (κ3) is 4.79. The summed E-state index contributed by atoms with van der Waals surface area (Å²) in [5.41, 5.74) is -0.183. The summed E-state index contributed by atoms with van der Waals surface area (Å²) < 4.78 is 5.48. The summed E-state index contributed by atoms with van der Waals surface area (Å²) in [5, 5.41) is 0. The van der Waals surface area contributed by atoms with Gasteiger partial charge in [-0.2, -0.15) is 0 Å². The van der Waals surface area contributed by atoms with Gasteiger partial charge in [-0.15, -0.1) is 0 Å². The van der Waals surface area contributed by atoms with E-state index in [1.807, 2.05) is 20.8 Å². The molecule has 0 heterocycles. The van der Waals surface area contributed by atoms with Gasteiger partial charge >= 0.3 is 5.97 Å². The molecule has 18 heavy (non-hydrogen) atoms. The van der Waals surface area contributed by atoms with Crippen molar-refractivity contribution in [2.75, 3.05) is 0 Å². The van der Waals surface area contributed by atoms with Gasteiger partial charge in [-0.25, -0.2) is 0 Å². The maximum Gasteiger partial charge on any atom is 0.306 e. The predicted molar refractivity (Wildman–Crippen MR) is 71.2 cm³/mol. The van der Waals surface area contributed by atoms with Crippen LogP contribution in [0.4, 0.5) is 0 Å². The standard InChI is InChI=1S/C15H26O3/c1-11(16)13(15(2,3)4)10-14(17)18-12-8-6-5-7-9-12/h12-13H,5-10H2,1-4H3/t13-/m1/s1. The van der Waals surface area contributed by atoms with Gasteiger partial charge in [0.05, 0.1) is 6.42 Å². The van der Waals surface area contributed by atoms with Crippen LogP contribution in [0.3, 0.4) is 0 Å². The molecule has 0 unspecified atom stereocenters. The predicted octanol–water partition coefficient (Wildman–Crippen LogP) is 3.50. The van der Waals surface area contributed by atoms with Crippen molar-refractivity contribution in [1.82, 2.24) is 0 Å². The monoisotopic (exact) mass is 254 g/mol. The molecule has 0 aromatic rings. The van der Waals surface area contributed by atoms with E-state index in [1.165, 1.54) is 6.42 Å². The SMILES string of the molecule is CC(=O)[C@@H](CC(=O)OC1CCCCC1)C(C)(C)C. The maximum atomic E-state index is 11.9. The van der Waals surface area contributed by atoms with Gasteiger partial charge < -0.3 is 4.74 Å². The molecule has 104 valence electrons. The number of rotatable bonds is 4. The van der Waals surface area contributed by atoms with Gasteiger partial charge in [-0.1, -0.05) is 27.2 Å². The highest BCUT2D eigenvalue weighted by molar-refractivity contribution is 5.84. The summed E-state index contributed by atoms with van der Waals surface area (Å²) in [7, 11) is 0. The Kier molecular flexibility index (Phi) is 5.36. The average Bonchev–Trinajstić information content (AvgIpc) is 2.25. The van der Waals surface area contributed by atoms with Crippen LogP contribution in [0, 0.1) is 11.3 Å². The minimum absolute atomic E-state index is 0.0723. The first kappa shape index (κ1) is 15.2. The van der Waals surface area contributed by atoms with E-state index in [0.717, 1.165) is 25.7 Å². The summed E-state index contributed by atoms with van der Waals surface area (Å²) in [4.78, 5) is 23.5. The second-order valence-corrected chi connectivity index (χ2v) is 6.48. The van der Waals surface area contributed by atoms with E-state index < -0.39 is 0 Å².